The third-order valence-electron chi connectivity index (χ3n) is 4.08. The predicted octanol–water partition coefficient (Wildman–Crippen LogP) is 2.05. The van der Waals surface area contributed by atoms with Crippen LogP contribution in [0.5, 0.6) is 0 Å². The van der Waals surface area contributed by atoms with Crippen molar-refractivity contribution in [2.24, 2.45) is 0 Å². The molecule has 0 unspecified atom stereocenters. The van der Waals surface area contributed by atoms with Crippen LogP contribution in [0.15, 0.2) is 29.2 Å². The van der Waals surface area contributed by atoms with Gasteiger partial charge in [-0.05, 0) is 26.0 Å². The van der Waals surface area contributed by atoms with Gasteiger partial charge in [-0.15, -0.1) is 11.3 Å². The van der Waals surface area contributed by atoms with Gasteiger partial charge >= 0.3 is 0 Å². The Hall–Kier alpha value is -1.84. The third-order valence-corrected chi connectivity index (χ3v) is 7.07. The second-order valence-corrected chi connectivity index (χ2v) is 8.88. The number of amides is 1. The fraction of sp³-hybridized carbons (Fsp3) is 0.375. The topological polar surface area (TPSA) is 70.6 Å². The summed E-state index contributed by atoms with van der Waals surface area (Å²) in [5.74, 6) is -0.900. The normalized spacial score (nSPS) is 16.2. The lowest BCUT2D eigenvalue weighted by molar-refractivity contribution is 0.0701. The van der Waals surface area contributed by atoms with Crippen LogP contribution in [-0.4, -0.2) is 54.7 Å². The van der Waals surface area contributed by atoms with Crippen molar-refractivity contribution in [2.45, 2.75) is 18.7 Å². The average molecular weight is 383 g/mol. The Labute approximate surface area is 150 Å². The van der Waals surface area contributed by atoms with Crippen LogP contribution in [0, 0.1) is 19.7 Å². The molecule has 0 N–H and O–H groups in total. The summed E-state index contributed by atoms with van der Waals surface area (Å²) in [7, 11) is -3.90. The zero-order valence-corrected chi connectivity index (χ0v) is 15.5. The molecule has 9 heteroatoms. The van der Waals surface area contributed by atoms with Crippen LogP contribution >= 0.6 is 11.3 Å². The van der Waals surface area contributed by atoms with E-state index in [0.29, 0.717) is 10.6 Å². The second-order valence-electron chi connectivity index (χ2n) is 5.77. The quantitative estimate of drug-likeness (QED) is 0.813. The van der Waals surface area contributed by atoms with Gasteiger partial charge in [0.2, 0.25) is 10.0 Å². The molecule has 134 valence electrons. The van der Waals surface area contributed by atoms with Crippen LogP contribution in [-0.2, 0) is 10.0 Å². The van der Waals surface area contributed by atoms with E-state index in [2.05, 4.69) is 4.98 Å². The number of benzene rings is 1. The molecule has 1 aromatic heterocycles. The molecular formula is C16H18FN3O3S2. The monoisotopic (exact) mass is 383 g/mol. The second kappa shape index (κ2) is 6.81. The zero-order chi connectivity index (χ0) is 18.2. The number of piperazine rings is 1. The van der Waals surface area contributed by atoms with Gasteiger partial charge < -0.3 is 4.90 Å². The van der Waals surface area contributed by atoms with E-state index >= 15 is 0 Å². The number of thiazole rings is 1. The van der Waals surface area contributed by atoms with E-state index in [4.69, 9.17) is 0 Å². The van der Waals surface area contributed by atoms with E-state index in [0.717, 1.165) is 11.1 Å². The lowest BCUT2D eigenvalue weighted by Gasteiger charge is -2.33. The predicted molar refractivity (Wildman–Crippen MR) is 92.7 cm³/mol. The van der Waals surface area contributed by atoms with Gasteiger partial charge in [0.05, 0.1) is 10.7 Å². The molecule has 0 aliphatic carbocycles. The Bertz CT molecular complexity index is 903. The summed E-state index contributed by atoms with van der Waals surface area (Å²) in [6, 6.07) is 5.32. The number of aryl methyl sites for hydroxylation is 2. The van der Waals surface area contributed by atoms with E-state index in [9.17, 15) is 17.6 Å². The molecule has 1 saturated heterocycles. The molecule has 2 heterocycles. The number of nitrogens with zero attached hydrogens (tertiary/aromatic N) is 3. The van der Waals surface area contributed by atoms with Crippen molar-refractivity contribution in [3.63, 3.8) is 0 Å². The van der Waals surface area contributed by atoms with Crippen molar-refractivity contribution in [1.29, 1.82) is 0 Å². The first-order valence-corrected chi connectivity index (χ1v) is 10.0. The average Bonchev–Trinajstić information content (AvgIpc) is 2.93. The number of carbonyl (C=O) groups excluding carboxylic acids is 1. The van der Waals surface area contributed by atoms with Crippen molar-refractivity contribution in [3.05, 3.63) is 45.7 Å². The van der Waals surface area contributed by atoms with Crippen LogP contribution in [0.3, 0.4) is 0 Å². The van der Waals surface area contributed by atoms with Gasteiger partial charge in [0.25, 0.3) is 5.91 Å². The largest absolute Gasteiger partial charge is 0.335 e. The Morgan fingerprint density at radius 2 is 1.80 bits per heavy atom. The number of hydrogen-bond acceptors (Lipinski definition) is 5. The summed E-state index contributed by atoms with van der Waals surface area (Å²) in [5.41, 5.74) is 0.689. The number of hydrogen-bond donors (Lipinski definition) is 0. The van der Waals surface area contributed by atoms with Crippen LogP contribution in [0.2, 0.25) is 0 Å². The summed E-state index contributed by atoms with van der Waals surface area (Å²) in [4.78, 5) is 18.7. The molecule has 6 nitrogen and oxygen atoms in total. The van der Waals surface area contributed by atoms with E-state index in [1.54, 1.807) is 11.8 Å². The fourth-order valence-corrected chi connectivity index (χ4v) is 5.17. The maximum Gasteiger partial charge on any atom is 0.265 e. The lowest BCUT2D eigenvalue weighted by Crippen LogP contribution is -2.50. The third kappa shape index (κ3) is 3.44. The first-order chi connectivity index (χ1) is 11.8. The SMILES string of the molecule is Cc1nc(C)c(C(=O)N2CCN(S(=O)(=O)c3ccccc3F)CC2)s1. The molecule has 1 fully saturated rings. The van der Waals surface area contributed by atoms with Crippen LogP contribution < -0.4 is 0 Å². The molecule has 25 heavy (non-hydrogen) atoms. The molecule has 0 radical (unpaired) electrons. The zero-order valence-electron chi connectivity index (χ0n) is 13.9. The Kier molecular flexibility index (Phi) is 4.90. The number of halogens is 1. The summed E-state index contributed by atoms with van der Waals surface area (Å²) in [6.45, 7) is 4.44. The maximum atomic E-state index is 13.8. The molecule has 0 bridgehead atoms. The first kappa shape index (κ1) is 18.0. The minimum Gasteiger partial charge on any atom is -0.335 e. The molecular weight excluding hydrogens is 365 g/mol. The maximum absolute atomic E-state index is 13.8. The van der Waals surface area contributed by atoms with Gasteiger partial charge in [-0.3, -0.25) is 4.79 Å². The standard InChI is InChI=1S/C16H18FN3O3S2/c1-11-15(24-12(2)18-11)16(21)19-7-9-20(10-8-19)25(22,23)14-6-4-3-5-13(14)17/h3-6H,7-10H2,1-2H3. The molecule has 1 aliphatic rings. The van der Waals surface area contributed by atoms with Gasteiger partial charge in [0.15, 0.2) is 0 Å². The van der Waals surface area contributed by atoms with Crippen LogP contribution in [0.4, 0.5) is 4.39 Å². The Morgan fingerprint density at radius 3 is 2.36 bits per heavy atom. The Balaban J connectivity index is 1.73. The van der Waals surface area contributed by atoms with Gasteiger partial charge in [0, 0.05) is 26.2 Å². The minimum atomic E-state index is -3.90. The van der Waals surface area contributed by atoms with E-state index in [-0.39, 0.29) is 37.0 Å². The van der Waals surface area contributed by atoms with Crippen molar-refractivity contribution >= 4 is 27.3 Å². The summed E-state index contributed by atoms with van der Waals surface area (Å²) in [6.07, 6.45) is 0. The van der Waals surface area contributed by atoms with Crippen LogP contribution in [0.1, 0.15) is 20.4 Å². The highest BCUT2D eigenvalue weighted by Gasteiger charge is 2.32. The van der Waals surface area contributed by atoms with E-state index < -0.39 is 15.8 Å². The van der Waals surface area contributed by atoms with Gasteiger partial charge in [-0.25, -0.2) is 17.8 Å². The fourth-order valence-electron chi connectivity index (χ4n) is 2.80. The molecule has 1 amide bonds. The minimum absolute atomic E-state index is 0.133. The molecule has 2 aromatic rings. The van der Waals surface area contributed by atoms with Gasteiger partial charge in [-0.2, -0.15) is 4.31 Å². The van der Waals surface area contributed by atoms with E-state index in [1.807, 2.05) is 6.92 Å². The number of carbonyl (C=O) groups is 1. The highest BCUT2D eigenvalue weighted by molar-refractivity contribution is 7.89. The molecule has 0 spiro atoms. The van der Waals surface area contributed by atoms with Crippen LogP contribution in [0.25, 0.3) is 0 Å². The number of aromatic nitrogens is 1. The van der Waals surface area contributed by atoms with Crippen molar-refractivity contribution in [2.75, 3.05) is 26.2 Å². The van der Waals surface area contributed by atoms with Gasteiger partial charge in [-0.1, -0.05) is 12.1 Å². The Morgan fingerprint density at radius 1 is 1.16 bits per heavy atom. The molecule has 0 saturated carbocycles. The molecule has 1 aliphatic heterocycles. The molecule has 0 atom stereocenters. The van der Waals surface area contributed by atoms with Crippen molar-refractivity contribution < 1.29 is 17.6 Å². The smallest absolute Gasteiger partial charge is 0.265 e. The number of rotatable bonds is 3. The highest BCUT2D eigenvalue weighted by Crippen LogP contribution is 2.23. The highest BCUT2D eigenvalue weighted by atomic mass is 32.2. The number of sulfonamides is 1. The van der Waals surface area contributed by atoms with Crippen molar-refractivity contribution in [3.8, 4) is 0 Å². The first-order valence-electron chi connectivity index (χ1n) is 7.78. The summed E-state index contributed by atoms with van der Waals surface area (Å²) < 4.78 is 40.2. The van der Waals surface area contributed by atoms with Gasteiger partial charge in [0.1, 0.15) is 15.6 Å². The molecule has 1 aromatic carbocycles. The lowest BCUT2D eigenvalue weighted by atomic mass is 10.3. The molecule has 3 rings (SSSR count). The summed E-state index contributed by atoms with van der Waals surface area (Å²) >= 11 is 1.34. The van der Waals surface area contributed by atoms with Crippen molar-refractivity contribution in [1.82, 2.24) is 14.2 Å². The summed E-state index contributed by atoms with van der Waals surface area (Å²) in [5, 5.41) is 0.821. The van der Waals surface area contributed by atoms with E-state index in [1.165, 1.54) is 33.8 Å².